The summed E-state index contributed by atoms with van der Waals surface area (Å²) in [6.07, 6.45) is 4.51. The highest BCUT2D eigenvalue weighted by atomic mass is 16.5. The summed E-state index contributed by atoms with van der Waals surface area (Å²) in [6, 6.07) is 9.15. The number of methoxy groups -OCH3 is 2. The van der Waals surface area contributed by atoms with Gasteiger partial charge < -0.3 is 29.5 Å². The molecule has 35 heavy (non-hydrogen) atoms. The van der Waals surface area contributed by atoms with Gasteiger partial charge in [0.15, 0.2) is 0 Å². The van der Waals surface area contributed by atoms with Gasteiger partial charge in [-0.15, -0.1) is 0 Å². The molecule has 9 heteroatoms. The predicted octanol–water partition coefficient (Wildman–Crippen LogP) is 3.79. The molecule has 1 aliphatic heterocycles. The number of aliphatic hydroxyl groups is 1. The largest absolute Gasteiger partial charge is 0.497 e. The molecule has 2 aromatic heterocycles. The van der Waals surface area contributed by atoms with Crippen molar-refractivity contribution in [2.75, 3.05) is 44.2 Å². The lowest BCUT2D eigenvalue weighted by Crippen LogP contribution is -2.43. The first-order valence-electron chi connectivity index (χ1n) is 11.9. The number of piperidine rings is 1. The van der Waals surface area contributed by atoms with E-state index in [0.717, 1.165) is 24.8 Å². The molecule has 0 aliphatic carbocycles. The zero-order valence-corrected chi connectivity index (χ0v) is 20.4. The van der Waals surface area contributed by atoms with Crippen LogP contribution in [-0.4, -0.2) is 61.1 Å². The molecule has 3 heterocycles. The third-order valence-corrected chi connectivity index (χ3v) is 6.26. The van der Waals surface area contributed by atoms with Crippen molar-refractivity contribution >= 4 is 28.5 Å². The Hall–Kier alpha value is -3.59. The van der Waals surface area contributed by atoms with E-state index < -0.39 is 5.97 Å². The standard InChI is InChI=1S/C26H32N4O5/c1-4-35-26(32)22-24(30-13-6-5-8-18(30)16-31)23-20(9-7-12-27-23)29-25(22)28-15-17-10-11-19(33-2)14-21(17)34-3/h7,9-12,14,18,31H,4-6,8,13,15-16H2,1-3H3,(H,28,29). The van der Waals surface area contributed by atoms with Crippen molar-refractivity contribution in [3.05, 3.63) is 47.7 Å². The molecule has 0 spiro atoms. The molecule has 0 radical (unpaired) electrons. The Morgan fingerprint density at radius 3 is 2.83 bits per heavy atom. The van der Waals surface area contributed by atoms with Gasteiger partial charge in [-0.05, 0) is 50.5 Å². The van der Waals surface area contributed by atoms with Crippen LogP contribution in [0.2, 0.25) is 0 Å². The molecule has 4 rings (SSSR count). The Balaban J connectivity index is 1.84. The van der Waals surface area contributed by atoms with E-state index in [0.29, 0.717) is 52.7 Å². The Bertz CT molecular complexity index is 1190. The molecule has 186 valence electrons. The van der Waals surface area contributed by atoms with Gasteiger partial charge in [-0.3, -0.25) is 4.98 Å². The van der Waals surface area contributed by atoms with E-state index in [2.05, 4.69) is 15.2 Å². The Morgan fingerprint density at radius 2 is 2.09 bits per heavy atom. The van der Waals surface area contributed by atoms with Gasteiger partial charge in [-0.2, -0.15) is 0 Å². The van der Waals surface area contributed by atoms with Crippen LogP contribution in [0.25, 0.3) is 11.0 Å². The average Bonchev–Trinajstić information content (AvgIpc) is 2.90. The van der Waals surface area contributed by atoms with Crippen LogP contribution in [0.1, 0.15) is 42.1 Å². The van der Waals surface area contributed by atoms with Gasteiger partial charge in [0.25, 0.3) is 0 Å². The molecule has 1 aliphatic rings. The van der Waals surface area contributed by atoms with Crippen molar-refractivity contribution in [3.8, 4) is 11.5 Å². The smallest absolute Gasteiger partial charge is 0.344 e. The number of hydrogen-bond donors (Lipinski definition) is 2. The quantitative estimate of drug-likeness (QED) is 0.443. The number of carbonyl (C=O) groups is 1. The van der Waals surface area contributed by atoms with Crippen LogP contribution in [0.5, 0.6) is 11.5 Å². The summed E-state index contributed by atoms with van der Waals surface area (Å²) in [5.41, 5.74) is 3.12. The average molecular weight is 481 g/mol. The van der Waals surface area contributed by atoms with Crippen molar-refractivity contribution in [2.24, 2.45) is 0 Å². The molecule has 1 saturated heterocycles. The third kappa shape index (κ3) is 5.09. The van der Waals surface area contributed by atoms with Crippen LogP contribution in [0.3, 0.4) is 0 Å². The van der Waals surface area contributed by atoms with Gasteiger partial charge >= 0.3 is 5.97 Å². The molecule has 0 amide bonds. The van der Waals surface area contributed by atoms with Crippen LogP contribution in [0.15, 0.2) is 36.5 Å². The molecule has 1 unspecified atom stereocenters. The lowest BCUT2D eigenvalue weighted by Gasteiger charge is -2.38. The Labute approximate surface area is 205 Å². The minimum Gasteiger partial charge on any atom is -0.497 e. The number of nitrogens with one attached hydrogen (secondary N) is 1. The molecule has 0 saturated carbocycles. The third-order valence-electron chi connectivity index (χ3n) is 6.26. The number of fused-ring (bicyclic) bond motifs is 1. The summed E-state index contributed by atoms with van der Waals surface area (Å²) in [7, 11) is 3.21. The lowest BCUT2D eigenvalue weighted by molar-refractivity contribution is 0.0527. The molecular weight excluding hydrogens is 448 g/mol. The van der Waals surface area contributed by atoms with E-state index in [4.69, 9.17) is 19.2 Å². The van der Waals surface area contributed by atoms with Gasteiger partial charge in [0.05, 0.1) is 44.7 Å². The van der Waals surface area contributed by atoms with Gasteiger partial charge in [0.2, 0.25) is 0 Å². The van der Waals surface area contributed by atoms with Crippen molar-refractivity contribution < 1.29 is 24.1 Å². The number of anilines is 2. The van der Waals surface area contributed by atoms with Crippen LogP contribution < -0.4 is 19.7 Å². The van der Waals surface area contributed by atoms with Gasteiger partial charge in [0.1, 0.15) is 28.4 Å². The summed E-state index contributed by atoms with van der Waals surface area (Å²) in [5.74, 6) is 1.27. The summed E-state index contributed by atoms with van der Waals surface area (Å²) < 4.78 is 16.3. The molecule has 1 fully saturated rings. The minimum atomic E-state index is -0.478. The Kier molecular flexibility index (Phi) is 7.87. The fraction of sp³-hybridized carbons (Fsp3) is 0.423. The number of carbonyl (C=O) groups excluding carboxylic acids is 1. The van der Waals surface area contributed by atoms with E-state index in [1.807, 2.05) is 30.3 Å². The second kappa shape index (κ2) is 11.2. The van der Waals surface area contributed by atoms with E-state index >= 15 is 0 Å². The number of rotatable bonds is 9. The maximum atomic E-state index is 13.3. The van der Waals surface area contributed by atoms with Gasteiger partial charge in [0, 0.05) is 30.9 Å². The minimum absolute atomic E-state index is 0.00920. The van der Waals surface area contributed by atoms with E-state index in [1.165, 1.54) is 0 Å². The van der Waals surface area contributed by atoms with E-state index in [1.54, 1.807) is 27.3 Å². The monoisotopic (exact) mass is 480 g/mol. The molecule has 9 nitrogen and oxygen atoms in total. The maximum Gasteiger partial charge on any atom is 0.344 e. The molecule has 0 bridgehead atoms. The number of hydrogen-bond acceptors (Lipinski definition) is 9. The molecule has 1 aromatic carbocycles. The highest BCUT2D eigenvalue weighted by Gasteiger charge is 2.31. The number of pyridine rings is 2. The van der Waals surface area contributed by atoms with Crippen molar-refractivity contribution in [2.45, 2.75) is 38.8 Å². The lowest BCUT2D eigenvalue weighted by atomic mass is 9.99. The number of aromatic nitrogens is 2. The second-order valence-corrected chi connectivity index (χ2v) is 8.33. The summed E-state index contributed by atoms with van der Waals surface area (Å²) in [4.78, 5) is 24.8. The topological polar surface area (TPSA) is 106 Å². The number of aliphatic hydroxyl groups excluding tert-OH is 1. The first kappa shape index (κ1) is 24.5. The maximum absolute atomic E-state index is 13.3. The normalized spacial score (nSPS) is 15.7. The van der Waals surface area contributed by atoms with Gasteiger partial charge in [-0.25, -0.2) is 9.78 Å². The van der Waals surface area contributed by atoms with E-state index in [-0.39, 0.29) is 19.3 Å². The first-order chi connectivity index (χ1) is 17.1. The molecule has 1 atom stereocenters. The Morgan fingerprint density at radius 1 is 1.23 bits per heavy atom. The van der Waals surface area contributed by atoms with E-state index in [9.17, 15) is 9.90 Å². The molecule has 2 N–H and O–H groups in total. The number of ether oxygens (including phenoxy) is 3. The van der Waals surface area contributed by atoms with Crippen LogP contribution in [-0.2, 0) is 11.3 Å². The SMILES string of the molecule is CCOC(=O)c1c(NCc2ccc(OC)cc2OC)nc2cccnc2c1N1CCCCC1CO. The fourth-order valence-corrected chi connectivity index (χ4v) is 4.54. The summed E-state index contributed by atoms with van der Waals surface area (Å²) in [5, 5.41) is 13.5. The van der Waals surface area contributed by atoms with Crippen molar-refractivity contribution in [1.82, 2.24) is 9.97 Å². The van der Waals surface area contributed by atoms with Crippen molar-refractivity contribution in [1.29, 1.82) is 0 Å². The molecular formula is C26H32N4O5. The fourth-order valence-electron chi connectivity index (χ4n) is 4.54. The van der Waals surface area contributed by atoms with Gasteiger partial charge in [-0.1, -0.05) is 0 Å². The predicted molar refractivity (Wildman–Crippen MR) is 134 cm³/mol. The highest BCUT2D eigenvalue weighted by molar-refractivity contribution is 6.08. The zero-order chi connectivity index (χ0) is 24.8. The zero-order valence-electron chi connectivity index (χ0n) is 20.4. The number of nitrogens with zero attached hydrogens (tertiary/aromatic N) is 3. The van der Waals surface area contributed by atoms with Crippen LogP contribution in [0.4, 0.5) is 11.5 Å². The van der Waals surface area contributed by atoms with Crippen LogP contribution >= 0.6 is 0 Å². The second-order valence-electron chi connectivity index (χ2n) is 8.33. The summed E-state index contributed by atoms with van der Waals surface area (Å²) >= 11 is 0. The van der Waals surface area contributed by atoms with Crippen LogP contribution in [0, 0.1) is 0 Å². The van der Waals surface area contributed by atoms with Crippen molar-refractivity contribution in [3.63, 3.8) is 0 Å². The number of benzene rings is 1. The molecule has 3 aromatic rings. The first-order valence-corrected chi connectivity index (χ1v) is 11.9. The number of esters is 1. The summed E-state index contributed by atoms with van der Waals surface area (Å²) in [6.45, 7) is 3.07. The highest BCUT2D eigenvalue weighted by Crippen LogP contribution is 2.37.